The zero-order valence-electron chi connectivity index (χ0n) is 18.9. The van der Waals surface area contributed by atoms with Crippen LogP contribution in [0.2, 0.25) is 0 Å². The van der Waals surface area contributed by atoms with E-state index in [2.05, 4.69) is 50.5 Å². The number of methoxy groups -OCH3 is 2. The quantitative estimate of drug-likeness (QED) is 0.145. The highest BCUT2D eigenvalue weighted by molar-refractivity contribution is 9.10. The van der Waals surface area contributed by atoms with Gasteiger partial charge in [0.25, 0.3) is 0 Å². The Hall–Kier alpha value is -3.16. The molecule has 0 aliphatic heterocycles. The largest absolute Gasteiger partial charge is 0.493 e. The molecule has 0 unspecified atom stereocenters. The van der Waals surface area contributed by atoms with Crippen LogP contribution in [0.25, 0.3) is 28.2 Å². The number of aromatic amines is 1. The summed E-state index contributed by atoms with van der Waals surface area (Å²) in [6.07, 6.45) is 3.29. The average Bonchev–Trinajstić information content (AvgIpc) is 3.24. The monoisotopic (exact) mass is 536 g/mol. The van der Waals surface area contributed by atoms with Crippen molar-refractivity contribution in [2.75, 3.05) is 26.5 Å². The maximum atomic E-state index is 12.3. The molecule has 0 bridgehead atoms. The molecule has 0 fully saturated rings. The third kappa shape index (κ3) is 5.66. The highest BCUT2D eigenvalue weighted by Crippen LogP contribution is 2.37. The Bertz CT molecular complexity index is 1320. The Kier molecular flexibility index (Phi) is 7.98. The number of nitrogens with one attached hydrogen (secondary N) is 2. The first-order valence-electron chi connectivity index (χ1n) is 10.8. The first kappa shape index (κ1) is 24.0. The lowest BCUT2D eigenvalue weighted by Gasteiger charge is -2.08. The summed E-state index contributed by atoms with van der Waals surface area (Å²) in [5.74, 6) is 1.89. The predicted octanol–water partition coefficient (Wildman–Crippen LogP) is 6.54. The topological polar surface area (TPSA) is 63.3 Å². The Morgan fingerprint density at radius 2 is 1.79 bits per heavy atom. The van der Waals surface area contributed by atoms with Crippen molar-refractivity contribution >= 4 is 50.6 Å². The highest BCUT2D eigenvalue weighted by atomic mass is 79.9. The molecule has 0 aliphatic rings. The zero-order chi connectivity index (χ0) is 23.9. The summed E-state index contributed by atoms with van der Waals surface area (Å²) in [5.41, 5.74) is 4.19. The Morgan fingerprint density at radius 1 is 1.03 bits per heavy atom. The first-order chi connectivity index (χ1) is 16.6. The number of carbonyl (C=O) groups excluding carboxylic acids is 1. The molecule has 0 saturated heterocycles. The number of benzene rings is 3. The van der Waals surface area contributed by atoms with Crippen molar-refractivity contribution in [3.63, 3.8) is 0 Å². The summed E-state index contributed by atoms with van der Waals surface area (Å²) in [5, 5.41) is 4.15. The number of amides is 1. The summed E-state index contributed by atoms with van der Waals surface area (Å²) in [4.78, 5) is 17.1. The van der Waals surface area contributed by atoms with Crippen LogP contribution in [0.15, 0.2) is 82.2 Å². The number of hydrogen-bond donors (Lipinski definition) is 2. The molecule has 0 radical (unpaired) electrons. The number of rotatable bonds is 9. The molecule has 2 N–H and O–H groups in total. The molecule has 7 heteroatoms. The third-order valence-electron chi connectivity index (χ3n) is 5.27. The van der Waals surface area contributed by atoms with Gasteiger partial charge in [-0.3, -0.25) is 4.79 Å². The molecule has 174 valence electrons. The van der Waals surface area contributed by atoms with Crippen molar-refractivity contribution < 1.29 is 14.3 Å². The minimum Gasteiger partial charge on any atom is -0.493 e. The van der Waals surface area contributed by atoms with Gasteiger partial charge in [-0.15, -0.1) is 11.8 Å². The van der Waals surface area contributed by atoms with Gasteiger partial charge >= 0.3 is 0 Å². The average molecular weight is 537 g/mol. The second-order valence-electron chi connectivity index (χ2n) is 7.47. The summed E-state index contributed by atoms with van der Waals surface area (Å²) < 4.78 is 11.6. The van der Waals surface area contributed by atoms with E-state index in [9.17, 15) is 4.79 Å². The van der Waals surface area contributed by atoms with Gasteiger partial charge in [0.2, 0.25) is 5.91 Å². The number of H-pyrrole nitrogens is 1. The standard InChI is InChI=1S/C27H25BrN2O3S/c1-32-23-13-7-18(17-24(23)33-2)8-14-25(31)29-15-16-34-27-21-5-3-4-6-22(21)30-26(27)19-9-11-20(28)12-10-19/h3-14,17,30H,15-16H2,1-2H3,(H,29,31)/b14-8+. The van der Waals surface area contributed by atoms with E-state index in [1.807, 2.05) is 42.5 Å². The lowest BCUT2D eigenvalue weighted by molar-refractivity contribution is -0.116. The minimum absolute atomic E-state index is 0.137. The van der Waals surface area contributed by atoms with Crippen molar-refractivity contribution in [2.45, 2.75) is 4.90 Å². The molecular weight excluding hydrogens is 512 g/mol. The number of ether oxygens (including phenoxy) is 2. The van der Waals surface area contributed by atoms with Crippen molar-refractivity contribution in [3.8, 4) is 22.8 Å². The maximum Gasteiger partial charge on any atom is 0.244 e. The normalized spacial score (nSPS) is 11.1. The van der Waals surface area contributed by atoms with E-state index < -0.39 is 0 Å². The van der Waals surface area contributed by atoms with Crippen LogP contribution in [-0.4, -0.2) is 37.4 Å². The first-order valence-corrected chi connectivity index (χ1v) is 12.5. The number of carbonyl (C=O) groups is 1. The van der Waals surface area contributed by atoms with Crippen molar-refractivity contribution in [1.29, 1.82) is 0 Å². The molecule has 1 amide bonds. The van der Waals surface area contributed by atoms with Gasteiger partial charge in [-0.2, -0.15) is 0 Å². The second-order valence-corrected chi connectivity index (χ2v) is 9.49. The van der Waals surface area contributed by atoms with Gasteiger partial charge in [-0.25, -0.2) is 0 Å². The van der Waals surface area contributed by atoms with E-state index in [1.165, 1.54) is 16.4 Å². The van der Waals surface area contributed by atoms with E-state index >= 15 is 0 Å². The van der Waals surface area contributed by atoms with Crippen molar-refractivity contribution in [1.82, 2.24) is 10.3 Å². The summed E-state index contributed by atoms with van der Waals surface area (Å²) in [6, 6.07) is 22.1. The van der Waals surface area contributed by atoms with Gasteiger partial charge < -0.3 is 19.8 Å². The highest BCUT2D eigenvalue weighted by Gasteiger charge is 2.13. The summed E-state index contributed by atoms with van der Waals surface area (Å²) >= 11 is 5.24. The Labute approximate surface area is 211 Å². The summed E-state index contributed by atoms with van der Waals surface area (Å²) in [7, 11) is 3.18. The molecule has 1 aromatic heterocycles. The SMILES string of the molecule is COc1ccc(/C=C/C(=O)NCCSc2c(-c3ccc(Br)cc3)[nH]c3ccccc23)cc1OC. The molecule has 4 rings (SSSR count). The Morgan fingerprint density at radius 3 is 2.56 bits per heavy atom. The van der Waals surface area contributed by atoms with Crippen LogP contribution in [0.3, 0.4) is 0 Å². The smallest absolute Gasteiger partial charge is 0.244 e. The maximum absolute atomic E-state index is 12.3. The number of aromatic nitrogens is 1. The van der Waals surface area contributed by atoms with Gasteiger partial charge in [0.15, 0.2) is 11.5 Å². The van der Waals surface area contributed by atoms with Gasteiger partial charge in [0.1, 0.15) is 0 Å². The van der Waals surface area contributed by atoms with E-state index in [0.29, 0.717) is 18.0 Å². The van der Waals surface area contributed by atoms with Crippen molar-refractivity contribution in [3.05, 3.63) is 82.8 Å². The molecule has 34 heavy (non-hydrogen) atoms. The van der Waals surface area contributed by atoms with E-state index in [1.54, 1.807) is 32.1 Å². The minimum atomic E-state index is -0.137. The van der Waals surface area contributed by atoms with Gasteiger partial charge in [0.05, 0.1) is 19.9 Å². The lowest BCUT2D eigenvalue weighted by atomic mass is 10.1. The van der Waals surface area contributed by atoms with Crippen LogP contribution in [-0.2, 0) is 4.79 Å². The molecule has 1 heterocycles. The van der Waals surface area contributed by atoms with Crippen LogP contribution in [0, 0.1) is 0 Å². The zero-order valence-corrected chi connectivity index (χ0v) is 21.3. The number of para-hydroxylation sites is 1. The molecule has 0 saturated carbocycles. The van der Waals surface area contributed by atoms with Gasteiger partial charge in [0, 0.05) is 38.6 Å². The van der Waals surface area contributed by atoms with Crippen LogP contribution in [0.1, 0.15) is 5.56 Å². The van der Waals surface area contributed by atoms with Crippen LogP contribution in [0.5, 0.6) is 11.5 Å². The van der Waals surface area contributed by atoms with Crippen LogP contribution >= 0.6 is 27.7 Å². The number of hydrogen-bond acceptors (Lipinski definition) is 4. The molecule has 5 nitrogen and oxygen atoms in total. The van der Waals surface area contributed by atoms with Crippen LogP contribution < -0.4 is 14.8 Å². The van der Waals surface area contributed by atoms with Gasteiger partial charge in [-0.05, 0) is 47.5 Å². The molecule has 0 aliphatic carbocycles. The fraction of sp³-hybridized carbons (Fsp3) is 0.148. The molecule has 0 atom stereocenters. The fourth-order valence-electron chi connectivity index (χ4n) is 3.60. The molecule has 4 aromatic rings. The number of halogens is 1. The van der Waals surface area contributed by atoms with E-state index in [4.69, 9.17) is 9.47 Å². The second kappa shape index (κ2) is 11.3. The lowest BCUT2D eigenvalue weighted by Crippen LogP contribution is -2.23. The predicted molar refractivity (Wildman–Crippen MR) is 144 cm³/mol. The third-order valence-corrected chi connectivity index (χ3v) is 6.92. The molecular formula is C27H25BrN2O3S. The fourth-order valence-corrected chi connectivity index (χ4v) is 4.92. The molecule has 3 aromatic carbocycles. The van der Waals surface area contributed by atoms with Gasteiger partial charge in [-0.1, -0.05) is 52.3 Å². The molecule has 0 spiro atoms. The van der Waals surface area contributed by atoms with Crippen LogP contribution in [0.4, 0.5) is 0 Å². The van der Waals surface area contributed by atoms with E-state index in [-0.39, 0.29) is 5.91 Å². The summed E-state index contributed by atoms with van der Waals surface area (Å²) in [6.45, 7) is 0.555. The van der Waals surface area contributed by atoms with Crippen molar-refractivity contribution in [2.24, 2.45) is 0 Å². The number of thioether (sulfide) groups is 1. The number of fused-ring (bicyclic) bond motifs is 1. The van der Waals surface area contributed by atoms with E-state index in [0.717, 1.165) is 32.6 Å². The Balaban J connectivity index is 1.39.